The Morgan fingerprint density at radius 3 is 2.37 bits per heavy atom. The number of halogens is 1. The van der Waals surface area contributed by atoms with Gasteiger partial charge in [-0.1, -0.05) is 12.1 Å². The molecule has 2 amide bonds. The van der Waals surface area contributed by atoms with Crippen LogP contribution in [-0.4, -0.2) is 67.5 Å². The van der Waals surface area contributed by atoms with Crippen LogP contribution < -0.4 is 15.4 Å². The van der Waals surface area contributed by atoms with Crippen LogP contribution in [0.15, 0.2) is 48.5 Å². The van der Waals surface area contributed by atoms with Crippen molar-refractivity contribution in [3.05, 3.63) is 54.3 Å². The molecule has 2 aromatic rings. The first-order chi connectivity index (χ1) is 14.5. The number of ether oxygens (including phenoxy) is 1. The normalized spacial score (nSPS) is 16.0. The minimum atomic E-state index is -0.340. The second-order valence-electron chi connectivity index (χ2n) is 7.23. The van der Waals surface area contributed by atoms with Crippen molar-refractivity contribution in [1.29, 1.82) is 0 Å². The van der Waals surface area contributed by atoms with Gasteiger partial charge in [0.15, 0.2) is 0 Å². The van der Waals surface area contributed by atoms with Crippen LogP contribution in [-0.2, 0) is 9.59 Å². The van der Waals surface area contributed by atoms with Gasteiger partial charge in [0.2, 0.25) is 11.8 Å². The molecule has 30 heavy (non-hydrogen) atoms. The molecule has 1 aliphatic rings. The highest BCUT2D eigenvalue weighted by Crippen LogP contribution is 2.23. The first-order valence-electron chi connectivity index (χ1n) is 9.92. The number of carbonyl (C=O) groups is 2. The Morgan fingerprint density at radius 2 is 1.70 bits per heavy atom. The number of methoxy groups -OCH3 is 1. The van der Waals surface area contributed by atoms with Crippen LogP contribution in [0.1, 0.15) is 6.92 Å². The topological polar surface area (TPSA) is 73.9 Å². The third-order valence-electron chi connectivity index (χ3n) is 5.19. The molecular formula is C22H27FN4O3. The van der Waals surface area contributed by atoms with Gasteiger partial charge in [-0.15, -0.1) is 0 Å². The molecule has 3 rings (SSSR count). The number of carbonyl (C=O) groups excluding carboxylic acids is 2. The molecule has 1 aliphatic heterocycles. The van der Waals surface area contributed by atoms with Gasteiger partial charge in [-0.3, -0.25) is 19.4 Å². The number of benzene rings is 2. The molecule has 0 radical (unpaired) electrons. The van der Waals surface area contributed by atoms with Crippen LogP contribution in [0.3, 0.4) is 0 Å². The maximum atomic E-state index is 13.0. The monoisotopic (exact) mass is 414 g/mol. The quantitative estimate of drug-likeness (QED) is 0.728. The van der Waals surface area contributed by atoms with Crippen molar-refractivity contribution in [2.24, 2.45) is 0 Å². The standard InChI is InChI=1S/C22H27FN4O3/c1-16(22(29)25-19-5-3-4-6-20(19)30-2)27-13-11-26(12-14-27)15-21(28)24-18-9-7-17(23)8-10-18/h3-10,16H,11-15H2,1-2H3,(H,24,28)(H,25,29). The molecular weight excluding hydrogens is 387 g/mol. The highest BCUT2D eigenvalue weighted by atomic mass is 19.1. The second kappa shape index (κ2) is 10.2. The maximum Gasteiger partial charge on any atom is 0.241 e. The first-order valence-corrected chi connectivity index (χ1v) is 9.92. The molecule has 1 fully saturated rings. The zero-order chi connectivity index (χ0) is 21.5. The predicted octanol–water partition coefficient (Wildman–Crippen LogP) is 2.42. The third kappa shape index (κ3) is 5.77. The van der Waals surface area contributed by atoms with E-state index in [0.717, 1.165) is 0 Å². The number of hydrogen-bond acceptors (Lipinski definition) is 5. The lowest BCUT2D eigenvalue weighted by Gasteiger charge is -2.37. The number of rotatable bonds is 7. The van der Waals surface area contributed by atoms with E-state index in [1.807, 2.05) is 24.0 Å². The lowest BCUT2D eigenvalue weighted by atomic mass is 10.2. The summed E-state index contributed by atoms with van der Waals surface area (Å²) in [5.74, 6) is 0.0436. The van der Waals surface area contributed by atoms with Crippen molar-refractivity contribution in [2.45, 2.75) is 13.0 Å². The summed E-state index contributed by atoms with van der Waals surface area (Å²) in [6.45, 7) is 4.87. The molecule has 1 unspecified atom stereocenters. The fourth-order valence-corrected chi connectivity index (χ4v) is 3.40. The molecule has 1 saturated heterocycles. The van der Waals surface area contributed by atoms with Crippen molar-refractivity contribution in [1.82, 2.24) is 9.80 Å². The number of para-hydroxylation sites is 2. The van der Waals surface area contributed by atoms with Crippen LogP contribution in [0.4, 0.5) is 15.8 Å². The van der Waals surface area contributed by atoms with Gasteiger partial charge in [-0.2, -0.15) is 0 Å². The molecule has 1 atom stereocenters. The van der Waals surface area contributed by atoms with Gasteiger partial charge in [-0.25, -0.2) is 4.39 Å². The van der Waals surface area contributed by atoms with Crippen molar-refractivity contribution in [3.8, 4) is 5.75 Å². The van der Waals surface area contributed by atoms with Gasteiger partial charge >= 0.3 is 0 Å². The number of amides is 2. The zero-order valence-electron chi connectivity index (χ0n) is 17.2. The van der Waals surface area contributed by atoms with Crippen molar-refractivity contribution >= 4 is 23.2 Å². The summed E-state index contributed by atoms with van der Waals surface area (Å²) >= 11 is 0. The SMILES string of the molecule is COc1ccccc1NC(=O)C(C)N1CCN(CC(=O)Nc2ccc(F)cc2)CC1. The molecule has 2 aromatic carbocycles. The smallest absolute Gasteiger partial charge is 0.241 e. The van der Waals surface area contributed by atoms with Crippen LogP contribution in [0.2, 0.25) is 0 Å². The van der Waals surface area contributed by atoms with E-state index in [2.05, 4.69) is 15.5 Å². The first kappa shape index (κ1) is 21.7. The number of anilines is 2. The van der Waals surface area contributed by atoms with Crippen LogP contribution in [0.25, 0.3) is 0 Å². The summed E-state index contributed by atoms with van der Waals surface area (Å²) in [4.78, 5) is 29.0. The highest BCUT2D eigenvalue weighted by Gasteiger charge is 2.26. The highest BCUT2D eigenvalue weighted by molar-refractivity contribution is 5.96. The molecule has 160 valence electrons. The average Bonchev–Trinajstić information content (AvgIpc) is 2.75. The van der Waals surface area contributed by atoms with Crippen molar-refractivity contribution < 1.29 is 18.7 Å². The van der Waals surface area contributed by atoms with E-state index < -0.39 is 0 Å². The molecule has 0 spiro atoms. The van der Waals surface area contributed by atoms with Crippen LogP contribution >= 0.6 is 0 Å². The Balaban J connectivity index is 1.45. The predicted molar refractivity (Wildman–Crippen MR) is 114 cm³/mol. The minimum absolute atomic E-state index is 0.0954. The Hall–Kier alpha value is -2.97. The Kier molecular flexibility index (Phi) is 7.37. The van der Waals surface area contributed by atoms with Crippen LogP contribution in [0.5, 0.6) is 5.75 Å². The number of nitrogens with zero attached hydrogens (tertiary/aromatic N) is 2. The minimum Gasteiger partial charge on any atom is -0.495 e. The van der Waals surface area contributed by atoms with E-state index >= 15 is 0 Å². The summed E-state index contributed by atoms with van der Waals surface area (Å²) in [6, 6.07) is 12.7. The molecule has 7 nitrogen and oxygen atoms in total. The maximum absolute atomic E-state index is 13.0. The van der Waals surface area contributed by atoms with E-state index in [1.54, 1.807) is 19.2 Å². The zero-order valence-corrected chi connectivity index (χ0v) is 17.2. The molecule has 0 bridgehead atoms. The van der Waals surface area contributed by atoms with E-state index in [0.29, 0.717) is 43.3 Å². The molecule has 2 N–H and O–H groups in total. The Morgan fingerprint density at radius 1 is 1.03 bits per heavy atom. The van der Waals surface area contributed by atoms with Gasteiger partial charge in [0.25, 0.3) is 0 Å². The van der Waals surface area contributed by atoms with Gasteiger partial charge < -0.3 is 15.4 Å². The van der Waals surface area contributed by atoms with Crippen molar-refractivity contribution in [3.63, 3.8) is 0 Å². The van der Waals surface area contributed by atoms with Gasteiger partial charge in [0.05, 0.1) is 25.4 Å². The average molecular weight is 414 g/mol. The van der Waals surface area contributed by atoms with E-state index in [1.165, 1.54) is 24.3 Å². The fraction of sp³-hybridized carbons (Fsp3) is 0.364. The summed E-state index contributed by atoms with van der Waals surface area (Å²) in [5.41, 5.74) is 1.22. The molecule has 0 saturated carbocycles. The van der Waals surface area contributed by atoms with Gasteiger partial charge in [-0.05, 0) is 43.3 Å². The lowest BCUT2D eigenvalue weighted by molar-refractivity contribution is -0.122. The number of piperazine rings is 1. The summed E-state index contributed by atoms with van der Waals surface area (Å²) in [6.07, 6.45) is 0. The number of hydrogen-bond donors (Lipinski definition) is 2. The van der Waals surface area contributed by atoms with Crippen LogP contribution in [0, 0.1) is 5.82 Å². The van der Waals surface area contributed by atoms with Crippen molar-refractivity contribution in [2.75, 3.05) is 50.5 Å². The van der Waals surface area contributed by atoms with Gasteiger partial charge in [0.1, 0.15) is 11.6 Å². The van der Waals surface area contributed by atoms with Gasteiger partial charge in [0, 0.05) is 31.9 Å². The third-order valence-corrected chi connectivity index (χ3v) is 5.19. The molecule has 1 heterocycles. The van der Waals surface area contributed by atoms with E-state index in [-0.39, 0.29) is 30.2 Å². The Bertz CT molecular complexity index is 867. The molecule has 8 heteroatoms. The largest absolute Gasteiger partial charge is 0.495 e. The molecule has 0 aliphatic carbocycles. The van der Waals surface area contributed by atoms with E-state index in [4.69, 9.17) is 4.74 Å². The number of nitrogens with one attached hydrogen (secondary N) is 2. The summed E-state index contributed by atoms with van der Waals surface area (Å²) < 4.78 is 18.2. The fourth-order valence-electron chi connectivity index (χ4n) is 3.40. The summed E-state index contributed by atoms with van der Waals surface area (Å²) in [5, 5.41) is 5.69. The Labute approximate surface area is 175 Å². The van der Waals surface area contributed by atoms with E-state index in [9.17, 15) is 14.0 Å². The second-order valence-corrected chi connectivity index (χ2v) is 7.23. The summed E-state index contributed by atoms with van der Waals surface area (Å²) in [7, 11) is 1.57. The lowest BCUT2D eigenvalue weighted by Crippen LogP contribution is -2.53. The molecule has 0 aromatic heterocycles.